The monoisotopic (exact) mass is 406 g/mol. The van der Waals surface area contributed by atoms with E-state index < -0.39 is 0 Å². The number of alkyl halides is 1. The Labute approximate surface area is 133 Å². The van der Waals surface area contributed by atoms with Gasteiger partial charge in [0.05, 0.1) is 21.4 Å². The van der Waals surface area contributed by atoms with Crippen molar-refractivity contribution in [2.45, 2.75) is 4.83 Å². The van der Waals surface area contributed by atoms with Crippen LogP contribution in [0.2, 0.25) is 5.02 Å². The third-order valence-electron chi connectivity index (χ3n) is 2.70. The van der Waals surface area contributed by atoms with Crippen molar-refractivity contribution in [2.24, 2.45) is 0 Å². The van der Waals surface area contributed by atoms with E-state index in [0.717, 1.165) is 11.1 Å². The molecule has 2 aromatic rings. The molecule has 0 spiro atoms. The van der Waals surface area contributed by atoms with Gasteiger partial charge in [-0.05, 0) is 51.3 Å². The molecule has 1 atom stereocenters. The topological polar surface area (TPSA) is 9.23 Å². The Balaban J connectivity index is 2.35. The lowest BCUT2D eigenvalue weighted by Crippen LogP contribution is -1.95. The van der Waals surface area contributed by atoms with Crippen molar-refractivity contribution >= 4 is 43.5 Å². The van der Waals surface area contributed by atoms with Gasteiger partial charge in [0.1, 0.15) is 11.6 Å². The van der Waals surface area contributed by atoms with Crippen LogP contribution < -0.4 is 4.74 Å². The highest BCUT2D eigenvalue weighted by molar-refractivity contribution is 9.10. The molecular formula is C14H10Br2ClFO. The van der Waals surface area contributed by atoms with Crippen LogP contribution in [-0.4, -0.2) is 7.11 Å². The first kappa shape index (κ1) is 14.8. The Bertz CT molecular complexity index is 604. The summed E-state index contributed by atoms with van der Waals surface area (Å²) >= 11 is 12.9. The Morgan fingerprint density at radius 2 is 1.79 bits per heavy atom. The first-order chi connectivity index (χ1) is 9.02. The predicted octanol–water partition coefficient (Wildman–Crippen LogP) is 5.73. The Kier molecular flexibility index (Phi) is 4.87. The van der Waals surface area contributed by atoms with Crippen LogP contribution in [0.25, 0.3) is 0 Å². The minimum atomic E-state index is -0.281. The summed E-state index contributed by atoms with van der Waals surface area (Å²) in [5.74, 6) is 0.349. The minimum absolute atomic E-state index is 0.0622. The zero-order chi connectivity index (χ0) is 14.0. The molecule has 0 saturated heterocycles. The van der Waals surface area contributed by atoms with Crippen LogP contribution in [0.15, 0.2) is 40.9 Å². The standard InChI is InChI=1S/C14H10Br2ClFO/c1-19-13-5-3-9(7-11(13)17)14(16)8-2-4-12(18)10(15)6-8/h2-7,14H,1H3. The van der Waals surface area contributed by atoms with Crippen LogP contribution in [0.4, 0.5) is 4.39 Å². The molecule has 0 heterocycles. The van der Waals surface area contributed by atoms with Crippen molar-refractivity contribution in [2.75, 3.05) is 7.11 Å². The molecule has 0 bridgehead atoms. The van der Waals surface area contributed by atoms with Crippen molar-refractivity contribution in [3.8, 4) is 5.75 Å². The summed E-state index contributed by atoms with van der Waals surface area (Å²) in [6.07, 6.45) is 0. The van der Waals surface area contributed by atoms with Crippen LogP contribution in [0, 0.1) is 5.82 Å². The molecule has 5 heteroatoms. The van der Waals surface area contributed by atoms with Gasteiger partial charge in [0.15, 0.2) is 0 Å². The molecule has 0 aliphatic heterocycles. The number of halogens is 4. The molecule has 1 nitrogen and oxygen atoms in total. The normalized spacial score (nSPS) is 12.3. The van der Waals surface area contributed by atoms with Crippen LogP contribution in [0.3, 0.4) is 0 Å². The van der Waals surface area contributed by atoms with Gasteiger partial charge in [-0.15, -0.1) is 0 Å². The largest absolute Gasteiger partial charge is 0.495 e. The highest BCUT2D eigenvalue weighted by Gasteiger charge is 2.14. The van der Waals surface area contributed by atoms with Crippen molar-refractivity contribution in [3.63, 3.8) is 0 Å². The van der Waals surface area contributed by atoms with Gasteiger partial charge < -0.3 is 4.74 Å². The molecule has 100 valence electrons. The molecule has 0 aliphatic rings. The lowest BCUT2D eigenvalue weighted by Gasteiger charge is -2.13. The van der Waals surface area contributed by atoms with Gasteiger partial charge >= 0.3 is 0 Å². The number of methoxy groups -OCH3 is 1. The van der Waals surface area contributed by atoms with Crippen LogP contribution >= 0.6 is 43.5 Å². The van der Waals surface area contributed by atoms with Crippen molar-refractivity contribution in [1.29, 1.82) is 0 Å². The fraction of sp³-hybridized carbons (Fsp3) is 0.143. The van der Waals surface area contributed by atoms with E-state index in [2.05, 4.69) is 31.9 Å². The van der Waals surface area contributed by atoms with E-state index in [1.54, 1.807) is 19.2 Å². The summed E-state index contributed by atoms with van der Waals surface area (Å²) < 4.78 is 18.8. The number of hydrogen-bond donors (Lipinski definition) is 0. The second-order valence-electron chi connectivity index (χ2n) is 3.93. The fourth-order valence-electron chi connectivity index (χ4n) is 1.70. The van der Waals surface area contributed by atoms with E-state index in [9.17, 15) is 4.39 Å². The zero-order valence-electron chi connectivity index (χ0n) is 9.96. The molecule has 2 rings (SSSR count). The molecule has 2 aromatic carbocycles. The molecule has 19 heavy (non-hydrogen) atoms. The van der Waals surface area contributed by atoms with Crippen LogP contribution in [0.5, 0.6) is 5.75 Å². The first-order valence-corrected chi connectivity index (χ1v) is 7.54. The summed E-state index contributed by atoms with van der Waals surface area (Å²) in [5, 5.41) is 0.547. The smallest absolute Gasteiger partial charge is 0.137 e. The quantitative estimate of drug-likeness (QED) is 0.589. The summed E-state index contributed by atoms with van der Waals surface area (Å²) in [6, 6.07) is 10.5. The second-order valence-corrected chi connectivity index (χ2v) is 6.11. The Morgan fingerprint density at radius 3 is 2.37 bits per heavy atom. The lowest BCUT2D eigenvalue weighted by atomic mass is 10.0. The molecule has 0 N–H and O–H groups in total. The maximum atomic E-state index is 13.2. The zero-order valence-corrected chi connectivity index (χ0v) is 13.9. The highest BCUT2D eigenvalue weighted by Crippen LogP contribution is 2.36. The minimum Gasteiger partial charge on any atom is -0.495 e. The molecular weight excluding hydrogens is 398 g/mol. The predicted molar refractivity (Wildman–Crippen MR) is 82.9 cm³/mol. The van der Waals surface area contributed by atoms with Gasteiger partial charge in [-0.1, -0.05) is 39.7 Å². The molecule has 0 radical (unpaired) electrons. The van der Waals surface area contributed by atoms with E-state index in [0.29, 0.717) is 15.2 Å². The van der Waals surface area contributed by atoms with E-state index >= 15 is 0 Å². The molecule has 0 aliphatic carbocycles. The Morgan fingerprint density at radius 1 is 1.16 bits per heavy atom. The van der Waals surface area contributed by atoms with Gasteiger partial charge in [0.25, 0.3) is 0 Å². The SMILES string of the molecule is COc1ccc(C(Br)c2ccc(F)c(Br)c2)cc1Cl. The van der Waals surface area contributed by atoms with Crippen molar-refractivity contribution < 1.29 is 9.13 Å². The number of ether oxygens (including phenoxy) is 1. The van der Waals surface area contributed by atoms with E-state index in [-0.39, 0.29) is 10.6 Å². The molecule has 0 saturated carbocycles. The summed E-state index contributed by atoms with van der Waals surface area (Å²) in [4.78, 5) is -0.0622. The van der Waals surface area contributed by atoms with Gasteiger partial charge in [0.2, 0.25) is 0 Å². The summed E-state index contributed by atoms with van der Waals surface area (Å²) in [7, 11) is 1.57. The fourth-order valence-corrected chi connectivity index (χ4v) is 2.93. The number of benzene rings is 2. The summed E-state index contributed by atoms with van der Waals surface area (Å²) in [6.45, 7) is 0. The molecule has 0 aromatic heterocycles. The average Bonchev–Trinajstić information content (AvgIpc) is 2.41. The van der Waals surface area contributed by atoms with Gasteiger partial charge in [-0.3, -0.25) is 0 Å². The number of rotatable bonds is 3. The van der Waals surface area contributed by atoms with Gasteiger partial charge in [-0.2, -0.15) is 0 Å². The lowest BCUT2D eigenvalue weighted by molar-refractivity contribution is 0.415. The van der Waals surface area contributed by atoms with Gasteiger partial charge in [-0.25, -0.2) is 4.39 Å². The highest BCUT2D eigenvalue weighted by atomic mass is 79.9. The third-order valence-corrected chi connectivity index (χ3v) is 4.67. The maximum Gasteiger partial charge on any atom is 0.137 e. The Hall–Kier alpha value is -0.580. The maximum absolute atomic E-state index is 13.2. The number of hydrogen-bond acceptors (Lipinski definition) is 1. The second kappa shape index (κ2) is 6.25. The van der Waals surface area contributed by atoms with Crippen LogP contribution in [-0.2, 0) is 0 Å². The van der Waals surface area contributed by atoms with E-state index in [4.69, 9.17) is 16.3 Å². The van der Waals surface area contributed by atoms with Crippen molar-refractivity contribution in [1.82, 2.24) is 0 Å². The van der Waals surface area contributed by atoms with E-state index in [1.807, 2.05) is 18.2 Å². The van der Waals surface area contributed by atoms with Crippen molar-refractivity contribution in [3.05, 3.63) is 62.8 Å². The average molecular weight is 408 g/mol. The first-order valence-electron chi connectivity index (χ1n) is 5.45. The molecule has 0 fully saturated rings. The molecule has 0 amide bonds. The summed E-state index contributed by atoms with van der Waals surface area (Å²) in [5.41, 5.74) is 1.92. The van der Waals surface area contributed by atoms with Crippen LogP contribution in [0.1, 0.15) is 16.0 Å². The van der Waals surface area contributed by atoms with Gasteiger partial charge in [0, 0.05) is 0 Å². The van der Waals surface area contributed by atoms with E-state index in [1.165, 1.54) is 6.07 Å². The molecule has 1 unspecified atom stereocenters. The third kappa shape index (κ3) is 3.30.